The van der Waals surface area contributed by atoms with Crippen LogP contribution in [-0.4, -0.2) is 18.6 Å². The molecule has 0 bridgehead atoms. The van der Waals surface area contributed by atoms with Gasteiger partial charge in [0.25, 0.3) is 0 Å². The van der Waals surface area contributed by atoms with Gasteiger partial charge in [-0.1, -0.05) is 12.1 Å². The van der Waals surface area contributed by atoms with Crippen LogP contribution >= 0.6 is 11.3 Å². The van der Waals surface area contributed by atoms with Gasteiger partial charge >= 0.3 is 0 Å². The standard InChI is InChI=1S/C12H11NOS.CH5N/c1-3-9-4-2-6-14-12(9)10(5-1)11-7-13-8-15-11;1-2/h1,3,5,7-8H,2,4,6H2;2H2,1H3. The quantitative estimate of drug-likeness (QED) is 0.844. The summed E-state index contributed by atoms with van der Waals surface area (Å²) >= 11 is 1.66. The Balaban J connectivity index is 0.000000514. The van der Waals surface area contributed by atoms with E-state index in [0.29, 0.717) is 0 Å². The first-order valence-corrected chi connectivity index (χ1v) is 6.54. The summed E-state index contributed by atoms with van der Waals surface area (Å²) < 4.78 is 5.76. The second kappa shape index (κ2) is 5.80. The van der Waals surface area contributed by atoms with Crippen molar-refractivity contribution in [2.24, 2.45) is 5.73 Å². The fraction of sp³-hybridized carbons (Fsp3) is 0.308. The first kappa shape index (κ1) is 12.1. The van der Waals surface area contributed by atoms with Crippen molar-refractivity contribution in [1.82, 2.24) is 4.98 Å². The number of rotatable bonds is 1. The molecule has 0 saturated carbocycles. The van der Waals surface area contributed by atoms with Crippen molar-refractivity contribution in [2.75, 3.05) is 13.7 Å². The van der Waals surface area contributed by atoms with Crippen molar-refractivity contribution in [3.8, 4) is 16.2 Å². The molecular formula is C13H16N2OS. The van der Waals surface area contributed by atoms with Crippen LogP contribution in [0.4, 0.5) is 0 Å². The molecule has 3 rings (SSSR count). The Labute approximate surface area is 105 Å². The van der Waals surface area contributed by atoms with Crippen LogP contribution in [0, 0.1) is 0 Å². The maximum atomic E-state index is 5.76. The largest absolute Gasteiger partial charge is 0.493 e. The van der Waals surface area contributed by atoms with Gasteiger partial charge in [0.15, 0.2) is 0 Å². The Kier molecular flexibility index (Phi) is 4.12. The van der Waals surface area contributed by atoms with Gasteiger partial charge in [-0.25, -0.2) is 0 Å². The lowest BCUT2D eigenvalue weighted by Gasteiger charge is -2.19. The summed E-state index contributed by atoms with van der Waals surface area (Å²) in [6, 6.07) is 6.36. The number of nitrogens with two attached hydrogens (primary N) is 1. The van der Waals surface area contributed by atoms with Crippen molar-refractivity contribution in [1.29, 1.82) is 0 Å². The van der Waals surface area contributed by atoms with E-state index in [2.05, 4.69) is 28.9 Å². The smallest absolute Gasteiger partial charge is 0.131 e. The maximum Gasteiger partial charge on any atom is 0.131 e. The summed E-state index contributed by atoms with van der Waals surface area (Å²) in [6.07, 6.45) is 4.15. The highest BCUT2D eigenvalue weighted by molar-refractivity contribution is 7.13. The van der Waals surface area contributed by atoms with E-state index in [1.54, 1.807) is 11.3 Å². The third-order valence-electron chi connectivity index (χ3n) is 2.63. The molecule has 2 N–H and O–H groups in total. The first-order chi connectivity index (χ1) is 8.45. The minimum absolute atomic E-state index is 0.836. The SMILES string of the molecule is CN.c1cc2c(c(-c3cncs3)c1)OCCC2. The second-order valence-corrected chi connectivity index (χ2v) is 4.50. The summed E-state index contributed by atoms with van der Waals surface area (Å²) in [4.78, 5) is 5.30. The van der Waals surface area contributed by atoms with Gasteiger partial charge < -0.3 is 10.5 Å². The van der Waals surface area contributed by atoms with Crippen molar-refractivity contribution in [3.63, 3.8) is 0 Å². The van der Waals surface area contributed by atoms with Gasteiger partial charge in [0.05, 0.1) is 17.0 Å². The molecule has 90 valence electrons. The zero-order valence-corrected chi connectivity index (χ0v) is 10.7. The molecule has 0 saturated heterocycles. The topological polar surface area (TPSA) is 48.1 Å². The summed E-state index contributed by atoms with van der Waals surface area (Å²) in [6.45, 7) is 0.836. The number of aryl methyl sites for hydroxylation is 1. The molecule has 0 fully saturated rings. The molecule has 2 aromatic rings. The molecule has 1 aromatic carbocycles. The molecule has 2 heterocycles. The molecule has 4 heteroatoms. The number of thiazole rings is 1. The Bertz CT molecular complexity index is 468. The van der Waals surface area contributed by atoms with Gasteiger partial charge in [-0.15, -0.1) is 11.3 Å². The average molecular weight is 248 g/mol. The van der Waals surface area contributed by atoms with Gasteiger partial charge in [0.1, 0.15) is 5.75 Å². The molecule has 0 atom stereocenters. The van der Waals surface area contributed by atoms with Gasteiger partial charge in [-0.3, -0.25) is 4.98 Å². The third kappa shape index (κ3) is 2.48. The van der Waals surface area contributed by atoms with Crippen LogP contribution in [0.3, 0.4) is 0 Å². The van der Waals surface area contributed by atoms with Gasteiger partial charge in [0.2, 0.25) is 0 Å². The lowest BCUT2D eigenvalue weighted by molar-refractivity contribution is 0.290. The fourth-order valence-corrected chi connectivity index (χ4v) is 2.58. The molecule has 0 radical (unpaired) electrons. The average Bonchev–Trinajstić information content (AvgIpc) is 2.94. The summed E-state index contributed by atoms with van der Waals surface area (Å²) in [5.41, 5.74) is 8.87. The van der Waals surface area contributed by atoms with Crippen LogP contribution in [0.5, 0.6) is 5.75 Å². The highest BCUT2D eigenvalue weighted by atomic mass is 32.1. The van der Waals surface area contributed by atoms with Crippen LogP contribution < -0.4 is 10.5 Å². The second-order valence-electron chi connectivity index (χ2n) is 3.61. The minimum atomic E-state index is 0.836. The fourth-order valence-electron chi connectivity index (χ4n) is 1.93. The minimum Gasteiger partial charge on any atom is -0.493 e. The van der Waals surface area contributed by atoms with Gasteiger partial charge in [-0.2, -0.15) is 0 Å². The first-order valence-electron chi connectivity index (χ1n) is 5.66. The van der Waals surface area contributed by atoms with Crippen LogP contribution in [0.15, 0.2) is 29.9 Å². The summed E-state index contributed by atoms with van der Waals surface area (Å²) in [5, 5.41) is 0. The molecule has 0 aliphatic carbocycles. The van der Waals surface area contributed by atoms with Crippen molar-refractivity contribution >= 4 is 11.3 Å². The molecule has 0 spiro atoms. The number of hydrogen-bond acceptors (Lipinski definition) is 4. The molecule has 0 unspecified atom stereocenters. The number of aromatic nitrogens is 1. The molecular weight excluding hydrogens is 232 g/mol. The van der Waals surface area contributed by atoms with E-state index in [9.17, 15) is 0 Å². The Hall–Kier alpha value is -1.39. The lowest BCUT2D eigenvalue weighted by atomic mass is 10.0. The number of fused-ring (bicyclic) bond motifs is 1. The van der Waals surface area contributed by atoms with E-state index in [-0.39, 0.29) is 0 Å². The summed E-state index contributed by atoms with van der Waals surface area (Å²) in [7, 11) is 1.50. The molecule has 3 nitrogen and oxygen atoms in total. The summed E-state index contributed by atoms with van der Waals surface area (Å²) in [5.74, 6) is 1.06. The number of para-hydroxylation sites is 1. The number of ether oxygens (including phenoxy) is 1. The predicted octanol–water partition coefficient (Wildman–Crippen LogP) is 2.71. The van der Waals surface area contributed by atoms with Crippen molar-refractivity contribution in [3.05, 3.63) is 35.5 Å². The molecule has 17 heavy (non-hydrogen) atoms. The molecule has 0 amide bonds. The van der Waals surface area contributed by atoms with E-state index in [0.717, 1.165) is 25.2 Å². The van der Waals surface area contributed by atoms with E-state index in [4.69, 9.17) is 4.74 Å². The molecule has 1 aromatic heterocycles. The van der Waals surface area contributed by atoms with E-state index in [1.165, 1.54) is 23.1 Å². The van der Waals surface area contributed by atoms with Crippen LogP contribution in [-0.2, 0) is 6.42 Å². The Morgan fingerprint density at radius 3 is 3.00 bits per heavy atom. The third-order valence-corrected chi connectivity index (χ3v) is 3.44. The van der Waals surface area contributed by atoms with Crippen LogP contribution in [0.25, 0.3) is 10.4 Å². The van der Waals surface area contributed by atoms with E-state index >= 15 is 0 Å². The normalized spacial score (nSPS) is 13.1. The Morgan fingerprint density at radius 1 is 1.35 bits per heavy atom. The van der Waals surface area contributed by atoms with Crippen molar-refractivity contribution < 1.29 is 4.74 Å². The van der Waals surface area contributed by atoms with Crippen LogP contribution in [0.1, 0.15) is 12.0 Å². The lowest BCUT2D eigenvalue weighted by Crippen LogP contribution is -2.08. The van der Waals surface area contributed by atoms with Gasteiger partial charge in [0, 0.05) is 11.8 Å². The van der Waals surface area contributed by atoms with Crippen LogP contribution in [0.2, 0.25) is 0 Å². The predicted molar refractivity (Wildman–Crippen MR) is 71.5 cm³/mol. The highest BCUT2D eigenvalue weighted by Crippen LogP contribution is 2.37. The van der Waals surface area contributed by atoms with Gasteiger partial charge in [-0.05, 0) is 31.5 Å². The highest BCUT2D eigenvalue weighted by Gasteiger charge is 2.15. The maximum absolute atomic E-state index is 5.76. The van der Waals surface area contributed by atoms with E-state index in [1.807, 2.05) is 11.7 Å². The molecule has 1 aliphatic heterocycles. The zero-order valence-electron chi connectivity index (χ0n) is 9.85. The molecule has 1 aliphatic rings. The number of hydrogen-bond donors (Lipinski definition) is 1. The number of nitrogens with zero attached hydrogens (tertiary/aromatic N) is 1. The van der Waals surface area contributed by atoms with E-state index < -0.39 is 0 Å². The number of benzene rings is 1. The Morgan fingerprint density at radius 2 is 2.24 bits per heavy atom. The van der Waals surface area contributed by atoms with Crippen molar-refractivity contribution in [2.45, 2.75) is 12.8 Å². The monoisotopic (exact) mass is 248 g/mol. The zero-order chi connectivity index (χ0) is 12.1.